The Morgan fingerprint density at radius 1 is 0.194 bits per heavy atom. The van der Waals surface area contributed by atoms with Gasteiger partial charge in [-0.05, 0) is 266 Å². The van der Waals surface area contributed by atoms with E-state index in [1.807, 2.05) is 0 Å². The molecule has 0 unspecified atom stereocenters. The normalized spacial score (nSPS) is 10.6. The molecule has 0 heteroatoms. The van der Waals surface area contributed by atoms with E-state index in [4.69, 9.17) is 0 Å². The van der Waals surface area contributed by atoms with Crippen molar-refractivity contribution in [2.24, 2.45) is 0 Å². The van der Waals surface area contributed by atoms with E-state index in [-0.39, 0.29) is 10.8 Å². The van der Waals surface area contributed by atoms with Gasteiger partial charge in [0.25, 0.3) is 0 Å². The zero-order chi connectivity index (χ0) is 71.2. The van der Waals surface area contributed by atoms with Crippen LogP contribution < -0.4 is 0 Å². The molecule has 0 fully saturated rings. The second-order valence-corrected chi connectivity index (χ2v) is 29.9. The summed E-state index contributed by atoms with van der Waals surface area (Å²) in [6.45, 7) is 72.4. The van der Waals surface area contributed by atoms with E-state index in [1.54, 1.807) is 0 Å². The van der Waals surface area contributed by atoms with Gasteiger partial charge in [-0.2, -0.15) is 0 Å². The molecular weight excluding hydrogens is 1120 g/mol. The quantitative estimate of drug-likeness (QED) is 0.165. The Labute approximate surface area is 574 Å². The van der Waals surface area contributed by atoms with Gasteiger partial charge in [0.15, 0.2) is 0 Å². The fraction of sp³-hybridized carbons (Fsp3) is 0.419. The molecule has 0 nitrogen and oxygen atoms in total. The summed E-state index contributed by atoms with van der Waals surface area (Å²) in [5.74, 6) is 2.57. The van der Waals surface area contributed by atoms with Gasteiger partial charge in [-0.15, -0.1) is 0 Å². The third-order valence-electron chi connectivity index (χ3n) is 17.3. The molecule has 0 heterocycles. The molecule has 0 aliphatic heterocycles. The highest BCUT2D eigenvalue weighted by molar-refractivity contribution is 5.42. The molecule has 504 valence electrons. The predicted molar refractivity (Wildman–Crippen MR) is 422 cm³/mol. The number of benzene rings is 9. The van der Waals surface area contributed by atoms with Crippen LogP contribution in [0.5, 0.6) is 0 Å². The first-order chi connectivity index (χ1) is 43.1. The number of hydrogen-bond acceptors (Lipinski definition) is 0. The van der Waals surface area contributed by atoms with Crippen molar-refractivity contribution in [3.63, 3.8) is 0 Å². The first-order valence-electron chi connectivity index (χ1n) is 34.6. The Bertz CT molecular complexity index is 3510. The predicted octanol–water partition coefficient (Wildman–Crippen LogP) is 28.1. The second-order valence-electron chi connectivity index (χ2n) is 29.9. The maximum absolute atomic E-state index is 2.33. The van der Waals surface area contributed by atoms with E-state index in [0.717, 1.165) is 0 Å². The molecule has 0 aliphatic rings. The van der Waals surface area contributed by atoms with Gasteiger partial charge in [0.05, 0.1) is 0 Å². The summed E-state index contributed by atoms with van der Waals surface area (Å²) >= 11 is 0. The lowest BCUT2D eigenvalue weighted by Gasteiger charge is -2.22. The van der Waals surface area contributed by atoms with Crippen LogP contribution in [-0.2, 0) is 10.8 Å². The van der Waals surface area contributed by atoms with E-state index >= 15 is 0 Å². The molecule has 0 aliphatic carbocycles. The van der Waals surface area contributed by atoms with Crippen molar-refractivity contribution in [2.75, 3.05) is 0 Å². The van der Waals surface area contributed by atoms with E-state index in [2.05, 4.69) is 404 Å². The van der Waals surface area contributed by atoms with E-state index < -0.39 is 0 Å². The van der Waals surface area contributed by atoms with Crippen molar-refractivity contribution in [3.05, 3.63) is 315 Å². The molecule has 9 aromatic carbocycles. The van der Waals surface area contributed by atoms with Crippen LogP contribution in [0.1, 0.15) is 260 Å². The molecule has 0 saturated carbocycles. The Hall–Kier alpha value is -7.02. The van der Waals surface area contributed by atoms with Crippen molar-refractivity contribution >= 4 is 0 Å². The van der Waals surface area contributed by atoms with E-state index in [9.17, 15) is 0 Å². The zero-order valence-corrected chi connectivity index (χ0v) is 65.6. The molecule has 0 N–H and O–H groups in total. The lowest BCUT2D eigenvalue weighted by atomic mass is 9.83. The first-order valence-corrected chi connectivity index (χ1v) is 34.6. The molecule has 9 aromatic rings. The number of hydrogen-bond donors (Lipinski definition) is 0. The highest BCUT2D eigenvalue weighted by atomic mass is 14.2. The molecule has 0 radical (unpaired) electrons. The average Bonchev–Trinajstić information content (AvgIpc) is 0.927. The minimum Gasteiger partial charge on any atom is -0.0620 e. The number of rotatable bonds is 4. The Balaban J connectivity index is 0.000000525. The van der Waals surface area contributed by atoms with Gasteiger partial charge in [0, 0.05) is 0 Å². The standard InChI is InChI=1S/C14H22.C12H18.2C11H16.2C10H14.C9H12.2C8H10/c1-9(2)13-7-11(5)8-14(10(3)4)12(13)6;1-9-6-7-10(2)11(8-9)12(3,4)5;1-8(2)11-7-9(3)5-6-10(11)4;1-9-7-5-6-8-10(9)11(2,3)4;1-7-5-8(2)10(4)9(3)6-7;1-8(2)10-7-5-4-6-9(10)3;1-7-4-5-8(2)9(3)6-7;1-7-3-5-8(2)6-4-7;1-7-5-3-4-6-8(7)2/h7-10H,1-6H3;6-8H,1-5H3;2*5-8H,1-4H3;5-6H,1-4H3;4-8H,1-3H3;4-6H,1-3H3;2*3-6H,1-2H3. The fourth-order valence-electron chi connectivity index (χ4n) is 11.1. The molecular formula is C93H132. The van der Waals surface area contributed by atoms with Crippen molar-refractivity contribution in [3.8, 4) is 0 Å². The Kier molecular flexibility index (Phi) is 37.0. The third-order valence-corrected chi connectivity index (χ3v) is 17.3. The molecule has 0 bridgehead atoms. The third kappa shape index (κ3) is 32.1. The van der Waals surface area contributed by atoms with Gasteiger partial charge in [0.1, 0.15) is 0 Å². The summed E-state index contributed by atoms with van der Waals surface area (Å²) in [6.07, 6.45) is 0. The summed E-state index contributed by atoms with van der Waals surface area (Å²) in [4.78, 5) is 0. The average molecular weight is 1250 g/mol. The van der Waals surface area contributed by atoms with Gasteiger partial charge in [0.2, 0.25) is 0 Å². The lowest BCUT2D eigenvalue weighted by molar-refractivity contribution is 0.585. The van der Waals surface area contributed by atoms with Gasteiger partial charge >= 0.3 is 0 Å². The largest absolute Gasteiger partial charge is 0.0620 e. The van der Waals surface area contributed by atoms with Crippen LogP contribution in [0.4, 0.5) is 0 Å². The second kappa shape index (κ2) is 40.9. The lowest BCUT2D eigenvalue weighted by Crippen LogP contribution is -2.13. The van der Waals surface area contributed by atoms with E-state index in [0.29, 0.717) is 23.7 Å². The van der Waals surface area contributed by atoms with Crippen molar-refractivity contribution in [2.45, 2.75) is 263 Å². The van der Waals surface area contributed by atoms with Gasteiger partial charge in [-0.3, -0.25) is 0 Å². The van der Waals surface area contributed by atoms with Crippen LogP contribution in [-0.4, -0.2) is 0 Å². The maximum Gasteiger partial charge on any atom is -0.0129 e. The Morgan fingerprint density at radius 3 is 0.796 bits per heavy atom. The molecule has 0 saturated heterocycles. The van der Waals surface area contributed by atoms with Crippen LogP contribution in [0.3, 0.4) is 0 Å². The van der Waals surface area contributed by atoms with Gasteiger partial charge < -0.3 is 0 Å². The number of aryl methyl sites for hydroxylation is 17. The van der Waals surface area contributed by atoms with Crippen LogP contribution in [0.15, 0.2) is 176 Å². The zero-order valence-electron chi connectivity index (χ0n) is 65.6. The first kappa shape index (κ1) is 84.0. The topological polar surface area (TPSA) is 0 Å². The van der Waals surface area contributed by atoms with Crippen molar-refractivity contribution < 1.29 is 0 Å². The highest BCUT2D eigenvalue weighted by Gasteiger charge is 2.16. The van der Waals surface area contributed by atoms with Crippen molar-refractivity contribution in [1.29, 1.82) is 0 Å². The van der Waals surface area contributed by atoms with Gasteiger partial charge in [-0.25, -0.2) is 0 Å². The van der Waals surface area contributed by atoms with Crippen LogP contribution >= 0.6 is 0 Å². The summed E-state index contributed by atoms with van der Waals surface area (Å²) in [5, 5.41) is 0. The van der Waals surface area contributed by atoms with E-state index in [1.165, 1.54) is 139 Å². The molecule has 0 amide bonds. The van der Waals surface area contributed by atoms with Crippen molar-refractivity contribution in [1.82, 2.24) is 0 Å². The smallest absolute Gasteiger partial charge is 0.0129 e. The van der Waals surface area contributed by atoms with Gasteiger partial charge in [-0.1, -0.05) is 312 Å². The highest BCUT2D eigenvalue weighted by Crippen LogP contribution is 2.30. The SMILES string of the molecule is Cc1cc(C(C)C)c(C)c(C(C)C)c1.Cc1cc(C)c(C)c(C)c1.Cc1ccc(C)c(C(C)(C)C)c1.Cc1ccc(C)c(C(C)C)c1.Cc1ccc(C)c(C)c1.Cc1ccc(C)cc1.Cc1ccccc1C.Cc1ccccc1C(C)(C)C.Cc1ccccc1C(C)C. The molecule has 0 aromatic heterocycles. The monoisotopic (exact) mass is 1250 g/mol. The minimum absolute atomic E-state index is 0.274. The molecule has 93 heavy (non-hydrogen) atoms. The summed E-state index contributed by atoms with van der Waals surface area (Å²) in [5.41, 5.74) is 35.7. The van der Waals surface area contributed by atoms with Crippen LogP contribution in [0, 0.1) is 132 Å². The Morgan fingerprint density at radius 2 is 0.473 bits per heavy atom. The summed E-state index contributed by atoms with van der Waals surface area (Å²) < 4.78 is 0. The molecule has 0 spiro atoms. The molecule has 0 atom stereocenters. The maximum atomic E-state index is 2.33. The summed E-state index contributed by atoms with van der Waals surface area (Å²) in [7, 11) is 0. The minimum atomic E-state index is 0.274. The van der Waals surface area contributed by atoms with Crippen LogP contribution in [0.2, 0.25) is 0 Å². The molecule has 9 rings (SSSR count). The van der Waals surface area contributed by atoms with Crippen LogP contribution in [0.25, 0.3) is 0 Å². The summed E-state index contributed by atoms with van der Waals surface area (Å²) in [6, 6.07) is 62.9. The fourth-order valence-corrected chi connectivity index (χ4v) is 11.1.